The van der Waals surface area contributed by atoms with Crippen LogP contribution in [0.15, 0.2) is 42.9 Å². The number of hydrogen-bond acceptors (Lipinski definition) is 3. The molecule has 0 radical (unpaired) electrons. The van der Waals surface area contributed by atoms with E-state index in [-0.39, 0.29) is 5.91 Å². The lowest BCUT2D eigenvalue weighted by atomic mass is 10.1. The molecule has 1 fully saturated rings. The van der Waals surface area contributed by atoms with Crippen LogP contribution in [-0.2, 0) is 11.3 Å². The second-order valence-electron chi connectivity index (χ2n) is 6.15. The highest BCUT2D eigenvalue weighted by molar-refractivity contribution is 5.89. The number of anilines is 1. The van der Waals surface area contributed by atoms with E-state index in [1.807, 2.05) is 24.5 Å². The van der Waals surface area contributed by atoms with Gasteiger partial charge in [0.1, 0.15) is 5.82 Å². The van der Waals surface area contributed by atoms with Crippen LogP contribution in [-0.4, -0.2) is 20.4 Å². The molecule has 1 saturated carbocycles. The Morgan fingerprint density at radius 3 is 2.83 bits per heavy atom. The molecular formula is C18H18N4O. The molecule has 0 atom stereocenters. The number of pyridine rings is 1. The van der Waals surface area contributed by atoms with Crippen molar-refractivity contribution in [1.82, 2.24) is 14.5 Å². The molecule has 0 spiro atoms. The maximum Gasteiger partial charge on any atom is 0.222 e. The topological polar surface area (TPSA) is 59.8 Å². The number of amides is 1. The lowest BCUT2D eigenvalue weighted by Crippen LogP contribution is -2.07. The lowest BCUT2D eigenvalue weighted by Gasteiger charge is -2.07. The first-order valence-electron chi connectivity index (χ1n) is 7.88. The molecule has 23 heavy (non-hydrogen) atoms. The summed E-state index contributed by atoms with van der Waals surface area (Å²) in [6, 6.07) is 10.1. The molecule has 2 heterocycles. The summed E-state index contributed by atoms with van der Waals surface area (Å²) in [5.41, 5.74) is 4.31. The van der Waals surface area contributed by atoms with Crippen molar-refractivity contribution >= 4 is 22.8 Å². The molecule has 1 amide bonds. The summed E-state index contributed by atoms with van der Waals surface area (Å²) >= 11 is 0. The number of hydrogen-bond donors (Lipinski definition) is 1. The van der Waals surface area contributed by atoms with Gasteiger partial charge in [0, 0.05) is 19.7 Å². The van der Waals surface area contributed by atoms with Crippen LogP contribution in [0.1, 0.15) is 19.8 Å². The maximum absolute atomic E-state index is 11.2. The molecule has 0 unspecified atom stereocenters. The number of carbonyl (C=O) groups is 1. The van der Waals surface area contributed by atoms with Gasteiger partial charge in [-0.3, -0.25) is 4.79 Å². The van der Waals surface area contributed by atoms with Crippen molar-refractivity contribution in [3.05, 3.63) is 42.9 Å². The molecule has 2 aromatic heterocycles. The van der Waals surface area contributed by atoms with Gasteiger partial charge < -0.3 is 9.88 Å². The zero-order valence-electron chi connectivity index (χ0n) is 13.0. The molecule has 1 aromatic carbocycles. The first kappa shape index (κ1) is 13.9. The van der Waals surface area contributed by atoms with E-state index in [0.29, 0.717) is 5.82 Å². The Bertz CT molecular complexity index is 880. The molecule has 1 aliphatic rings. The van der Waals surface area contributed by atoms with Crippen molar-refractivity contribution in [1.29, 1.82) is 0 Å². The van der Waals surface area contributed by atoms with Gasteiger partial charge in [0.15, 0.2) is 0 Å². The Labute approximate surface area is 134 Å². The molecule has 1 N–H and O–H groups in total. The number of fused-ring (bicyclic) bond motifs is 1. The Morgan fingerprint density at radius 2 is 2.04 bits per heavy atom. The third-order valence-corrected chi connectivity index (χ3v) is 4.17. The first-order chi connectivity index (χ1) is 11.2. The number of benzene rings is 1. The SMILES string of the molecule is CC(=O)Nc1cc(-c2ccc3ncn(CC4CC4)c3c2)ccn1. The minimum Gasteiger partial charge on any atom is -0.330 e. The van der Waals surface area contributed by atoms with E-state index in [1.165, 1.54) is 19.8 Å². The fraction of sp³-hybridized carbons (Fsp3) is 0.278. The van der Waals surface area contributed by atoms with Gasteiger partial charge in [-0.2, -0.15) is 0 Å². The number of nitrogens with zero attached hydrogens (tertiary/aromatic N) is 3. The van der Waals surface area contributed by atoms with Crippen molar-refractivity contribution in [3.8, 4) is 11.1 Å². The summed E-state index contributed by atoms with van der Waals surface area (Å²) in [4.78, 5) is 19.8. The number of nitrogens with one attached hydrogen (secondary N) is 1. The van der Waals surface area contributed by atoms with Gasteiger partial charge in [-0.1, -0.05) is 6.07 Å². The first-order valence-corrected chi connectivity index (χ1v) is 7.88. The molecule has 3 aromatic rings. The van der Waals surface area contributed by atoms with Crippen LogP contribution in [0, 0.1) is 5.92 Å². The molecular weight excluding hydrogens is 288 g/mol. The fourth-order valence-corrected chi connectivity index (χ4v) is 2.82. The Morgan fingerprint density at radius 1 is 1.22 bits per heavy atom. The molecule has 5 heteroatoms. The van der Waals surface area contributed by atoms with Crippen LogP contribution < -0.4 is 5.32 Å². The van der Waals surface area contributed by atoms with Crippen LogP contribution in [0.4, 0.5) is 5.82 Å². The van der Waals surface area contributed by atoms with E-state index in [2.05, 4.69) is 32.0 Å². The van der Waals surface area contributed by atoms with Crippen LogP contribution in [0.5, 0.6) is 0 Å². The zero-order chi connectivity index (χ0) is 15.8. The molecule has 0 aliphatic heterocycles. The van der Waals surface area contributed by atoms with E-state index in [4.69, 9.17) is 0 Å². The maximum atomic E-state index is 11.2. The largest absolute Gasteiger partial charge is 0.330 e. The van der Waals surface area contributed by atoms with E-state index < -0.39 is 0 Å². The second kappa shape index (κ2) is 5.50. The average Bonchev–Trinajstić information content (AvgIpc) is 3.26. The summed E-state index contributed by atoms with van der Waals surface area (Å²) in [6.07, 6.45) is 6.29. The minimum atomic E-state index is -0.118. The van der Waals surface area contributed by atoms with Crippen LogP contribution in [0.2, 0.25) is 0 Å². The predicted octanol–water partition coefficient (Wildman–Crippen LogP) is 3.47. The third-order valence-electron chi connectivity index (χ3n) is 4.17. The quantitative estimate of drug-likeness (QED) is 0.803. The van der Waals surface area contributed by atoms with Crippen LogP contribution in [0.25, 0.3) is 22.2 Å². The van der Waals surface area contributed by atoms with E-state index in [0.717, 1.165) is 34.6 Å². The minimum absolute atomic E-state index is 0.118. The monoisotopic (exact) mass is 306 g/mol. The molecule has 0 bridgehead atoms. The zero-order valence-corrected chi connectivity index (χ0v) is 13.0. The summed E-state index contributed by atoms with van der Waals surface area (Å²) in [7, 11) is 0. The van der Waals surface area contributed by atoms with Gasteiger partial charge in [0.2, 0.25) is 5.91 Å². The van der Waals surface area contributed by atoms with Gasteiger partial charge in [0.05, 0.1) is 17.4 Å². The van der Waals surface area contributed by atoms with Gasteiger partial charge in [0.25, 0.3) is 0 Å². The summed E-state index contributed by atoms with van der Waals surface area (Å²) in [5, 5.41) is 2.73. The van der Waals surface area contributed by atoms with Gasteiger partial charge in [-0.05, 0) is 54.2 Å². The Kier molecular flexibility index (Phi) is 3.33. The number of rotatable bonds is 4. The number of aromatic nitrogens is 3. The molecule has 1 aliphatic carbocycles. The summed E-state index contributed by atoms with van der Waals surface area (Å²) in [5.74, 6) is 1.26. The van der Waals surface area contributed by atoms with Crippen molar-refractivity contribution in [3.63, 3.8) is 0 Å². The number of imidazole rings is 1. The normalized spacial score (nSPS) is 14.1. The molecule has 5 nitrogen and oxygen atoms in total. The summed E-state index contributed by atoms with van der Waals surface area (Å²) in [6.45, 7) is 2.53. The van der Waals surface area contributed by atoms with Gasteiger partial charge in [-0.15, -0.1) is 0 Å². The highest BCUT2D eigenvalue weighted by Crippen LogP contribution is 2.32. The van der Waals surface area contributed by atoms with Gasteiger partial charge >= 0.3 is 0 Å². The fourth-order valence-electron chi connectivity index (χ4n) is 2.82. The van der Waals surface area contributed by atoms with Gasteiger partial charge in [-0.25, -0.2) is 9.97 Å². The van der Waals surface area contributed by atoms with Crippen LogP contribution >= 0.6 is 0 Å². The average molecular weight is 306 g/mol. The highest BCUT2D eigenvalue weighted by Gasteiger charge is 2.22. The standard InChI is InChI=1S/C18H18N4O/c1-12(23)21-18-9-15(6-7-19-18)14-4-5-16-17(8-14)22(11-20-16)10-13-2-3-13/h4-9,11,13H,2-3,10H2,1H3,(H,19,21,23). The van der Waals surface area contributed by atoms with Crippen molar-refractivity contribution in [2.45, 2.75) is 26.3 Å². The molecule has 0 saturated heterocycles. The smallest absolute Gasteiger partial charge is 0.222 e. The number of carbonyl (C=O) groups excluding carboxylic acids is 1. The van der Waals surface area contributed by atoms with Crippen molar-refractivity contribution in [2.24, 2.45) is 5.92 Å². The van der Waals surface area contributed by atoms with E-state index >= 15 is 0 Å². The van der Waals surface area contributed by atoms with E-state index in [1.54, 1.807) is 6.20 Å². The van der Waals surface area contributed by atoms with Crippen molar-refractivity contribution in [2.75, 3.05) is 5.32 Å². The van der Waals surface area contributed by atoms with E-state index in [9.17, 15) is 4.79 Å². The molecule has 4 rings (SSSR count). The Balaban J connectivity index is 1.71. The highest BCUT2D eigenvalue weighted by atomic mass is 16.1. The van der Waals surface area contributed by atoms with Crippen LogP contribution in [0.3, 0.4) is 0 Å². The van der Waals surface area contributed by atoms with Crippen molar-refractivity contribution < 1.29 is 4.79 Å². The predicted molar refractivity (Wildman–Crippen MR) is 90.0 cm³/mol. The third kappa shape index (κ3) is 2.95. The lowest BCUT2D eigenvalue weighted by molar-refractivity contribution is -0.114. The Hall–Kier alpha value is -2.69. The second-order valence-corrected chi connectivity index (χ2v) is 6.15. The summed E-state index contributed by atoms with van der Waals surface area (Å²) < 4.78 is 2.24. The molecule has 116 valence electrons.